The van der Waals surface area contributed by atoms with Gasteiger partial charge in [-0.15, -0.1) is 5.10 Å². The molecule has 0 aromatic carbocycles. The van der Waals surface area contributed by atoms with Gasteiger partial charge in [0.25, 0.3) is 5.56 Å². The van der Waals surface area contributed by atoms with E-state index in [-0.39, 0.29) is 18.2 Å². The van der Waals surface area contributed by atoms with Crippen molar-refractivity contribution in [2.24, 2.45) is 0 Å². The summed E-state index contributed by atoms with van der Waals surface area (Å²) < 4.78 is 6.41. The van der Waals surface area contributed by atoms with Crippen molar-refractivity contribution in [3.63, 3.8) is 0 Å². The summed E-state index contributed by atoms with van der Waals surface area (Å²) in [5.41, 5.74) is -0.775. The number of rotatable bonds is 3. The molecule has 1 aliphatic rings. The highest BCUT2D eigenvalue weighted by Gasteiger charge is 2.27. The number of hydrogen-bond acceptors (Lipinski definition) is 6. The second-order valence-corrected chi connectivity index (χ2v) is 5.82. The molecule has 2 aromatic heterocycles. The molecule has 0 amide bonds. The van der Waals surface area contributed by atoms with E-state index in [0.717, 1.165) is 28.9 Å². The second-order valence-electron chi connectivity index (χ2n) is 4.46. The first-order valence-corrected chi connectivity index (χ1v) is 6.99. The van der Waals surface area contributed by atoms with Crippen LogP contribution >= 0.6 is 23.1 Å². The molecule has 9 heteroatoms. The highest BCUT2D eigenvalue weighted by molar-refractivity contribution is 7.10. The Labute approximate surface area is 121 Å². The molecule has 0 bridgehead atoms. The minimum absolute atomic E-state index is 0.0594. The van der Waals surface area contributed by atoms with Gasteiger partial charge in [-0.2, -0.15) is 5.26 Å². The van der Waals surface area contributed by atoms with Crippen LogP contribution in [-0.2, 0) is 6.54 Å². The predicted octanol–water partition coefficient (Wildman–Crippen LogP) is 0.770. The Hall–Kier alpha value is -1.98. The van der Waals surface area contributed by atoms with Gasteiger partial charge in [0.2, 0.25) is 0 Å². The maximum Gasteiger partial charge on any atom is 0.331 e. The lowest BCUT2D eigenvalue weighted by atomic mass is 10.3. The van der Waals surface area contributed by atoms with E-state index in [0.29, 0.717) is 10.0 Å². The molecule has 1 fully saturated rings. The van der Waals surface area contributed by atoms with Gasteiger partial charge in [0.15, 0.2) is 0 Å². The van der Waals surface area contributed by atoms with Crippen LogP contribution in [0, 0.1) is 11.3 Å². The SMILES string of the molecule is N#Cc1cn(C2CC2)c(=O)n(Cc2nnsc2Cl)c1=O. The van der Waals surface area contributed by atoms with E-state index < -0.39 is 11.2 Å². The van der Waals surface area contributed by atoms with Gasteiger partial charge in [-0.25, -0.2) is 4.79 Å². The minimum atomic E-state index is -0.626. The van der Waals surface area contributed by atoms with Crippen molar-refractivity contribution in [2.75, 3.05) is 0 Å². The van der Waals surface area contributed by atoms with Gasteiger partial charge < -0.3 is 0 Å². The lowest BCUT2D eigenvalue weighted by molar-refractivity contribution is 0.582. The average molecular weight is 310 g/mol. The van der Waals surface area contributed by atoms with Crippen LogP contribution in [0.2, 0.25) is 4.34 Å². The minimum Gasteiger partial charge on any atom is -0.296 e. The molecule has 0 N–H and O–H groups in total. The fraction of sp³-hybridized carbons (Fsp3) is 0.364. The van der Waals surface area contributed by atoms with Gasteiger partial charge in [0.1, 0.15) is 21.7 Å². The Bertz CT molecular complexity index is 827. The smallest absolute Gasteiger partial charge is 0.296 e. The summed E-state index contributed by atoms with van der Waals surface area (Å²) in [6.07, 6.45) is 3.09. The van der Waals surface area contributed by atoms with Crippen molar-refractivity contribution >= 4 is 23.1 Å². The molecule has 0 radical (unpaired) electrons. The zero-order valence-electron chi connectivity index (χ0n) is 10.1. The summed E-state index contributed by atoms with van der Waals surface area (Å²) in [4.78, 5) is 24.4. The van der Waals surface area contributed by atoms with E-state index in [1.807, 2.05) is 6.07 Å². The molecule has 2 heterocycles. The molecule has 1 saturated carbocycles. The zero-order chi connectivity index (χ0) is 14.3. The van der Waals surface area contributed by atoms with Gasteiger partial charge in [-0.3, -0.25) is 13.9 Å². The molecule has 1 aliphatic carbocycles. The maximum atomic E-state index is 12.3. The van der Waals surface area contributed by atoms with Gasteiger partial charge in [0, 0.05) is 23.8 Å². The molecule has 0 aliphatic heterocycles. The predicted molar refractivity (Wildman–Crippen MR) is 72.0 cm³/mol. The van der Waals surface area contributed by atoms with Gasteiger partial charge >= 0.3 is 5.69 Å². The highest BCUT2D eigenvalue weighted by Crippen LogP contribution is 2.33. The Morgan fingerprint density at radius 2 is 2.25 bits per heavy atom. The van der Waals surface area contributed by atoms with Crippen molar-refractivity contribution in [2.45, 2.75) is 25.4 Å². The molecular formula is C11H8ClN5O2S. The monoisotopic (exact) mass is 309 g/mol. The van der Waals surface area contributed by atoms with E-state index in [2.05, 4.69) is 9.59 Å². The molecule has 3 rings (SSSR count). The molecule has 2 aromatic rings. The molecule has 102 valence electrons. The third kappa shape index (κ3) is 2.15. The number of aromatic nitrogens is 4. The first kappa shape index (κ1) is 13.0. The molecule has 0 atom stereocenters. The fourth-order valence-electron chi connectivity index (χ4n) is 1.89. The Balaban J connectivity index is 2.16. The third-order valence-corrected chi connectivity index (χ3v) is 4.06. The molecule has 20 heavy (non-hydrogen) atoms. The standard InChI is InChI=1S/C11H8ClN5O2S/c12-9-8(14-15-20-9)5-17-10(18)6(3-13)4-16(11(17)19)7-1-2-7/h4,7H,1-2,5H2. The largest absolute Gasteiger partial charge is 0.331 e. The van der Waals surface area contributed by atoms with Crippen LogP contribution in [0.1, 0.15) is 30.1 Å². The molecule has 0 unspecified atom stereocenters. The van der Waals surface area contributed by atoms with Gasteiger partial charge in [0.05, 0.1) is 6.54 Å². The molecule has 0 spiro atoms. The van der Waals surface area contributed by atoms with E-state index in [1.165, 1.54) is 10.8 Å². The van der Waals surface area contributed by atoms with Crippen LogP contribution in [0.25, 0.3) is 0 Å². The highest BCUT2D eigenvalue weighted by atomic mass is 35.5. The van der Waals surface area contributed by atoms with Crippen LogP contribution in [0.4, 0.5) is 0 Å². The molecule has 0 saturated heterocycles. The van der Waals surface area contributed by atoms with E-state index in [4.69, 9.17) is 16.9 Å². The normalized spacial score (nSPS) is 14.2. The van der Waals surface area contributed by atoms with Gasteiger partial charge in [-0.1, -0.05) is 16.1 Å². The molecular weight excluding hydrogens is 302 g/mol. The Morgan fingerprint density at radius 3 is 2.80 bits per heavy atom. The van der Waals surface area contributed by atoms with Crippen molar-refractivity contribution in [1.82, 2.24) is 18.7 Å². The van der Waals surface area contributed by atoms with Crippen LogP contribution in [0.15, 0.2) is 15.8 Å². The summed E-state index contributed by atoms with van der Waals surface area (Å²) >= 11 is 6.87. The maximum absolute atomic E-state index is 12.3. The quantitative estimate of drug-likeness (QED) is 0.834. The van der Waals surface area contributed by atoms with Crippen LogP contribution < -0.4 is 11.2 Å². The van der Waals surface area contributed by atoms with Gasteiger partial charge in [-0.05, 0) is 12.8 Å². The summed E-state index contributed by atoms with van der Waals surface area (Å²) in [6.45, 7) is -0.0742. The van der Waals surface area contributed by atoms with Crippen LogP contribution in [-0.4, -0.2) is 18.7 Å². The number of nitrogens with zero attached hydrogens (tertiary/aromatic N) is 5. The van der Waals surface area contributed by atoms with Crippen LogP contribution in [0.5, 0.6) is 0 Å². The summed E-state index contributed by atoms with van der Waals surface area (Å²) in [5, 5.41) is 12.8. The third-order valence-electron chi connectivity index (χ3n) is 3.07. The van der Waals surface area contributed by atoms with Crippen LogP contribution in [0.3, 0.4) is 0 Å². The zero-order valence-corrected chi connectivity index (χ0v) is 11.7. The van der Waals surface area contributed by atoms with Crippen molar-refractivity contribution in [1.29, 1.82) is 5.26 Å². The number of halogens is 1. The van der Waals surface area contributed by atoms with Crippen molar-refractivity contribution in [3.05, 3.63) is 42.6 Å². The second kappa shape index (κ2) is 4.85. The van der Waals surface area contributed by atoms with Crippen molar-refractivity contribution in [3.8, 4) is 6.07 Å². The average Bonchev–Trinajstić information content (AvgIpc) is 3.19. The Kier molecular flexibility index (Phi) is 3.16. The number of nitriles is 1. The lowest BCUT2D eigenvalue weighted by Gasteiger charge is -2.09. The first-order chi connectivity index (χ1) is 9.61. The van der Waals surface area contributed by atoms with E-state index in [9.17, 15) is 9.59 Å². The van der Waals surface area contributed by atoms with Crippen molar-refractivity contribution < 1.29 is 0 Å². The Morgan fingerprint density at radius 1 is 1.50 bits per heavy atom. The number of hydrogen-bond donors (Lipinski definition) is 0. The summed E-state index contributed by atoms with van der Waals surface area (Å²) in [6, 6.07) is 1.90. The fourth-order valence-corrected chi connectivity index (χ4v) is 2.50. The van der Waals surface area contributed by atoms with E-state index in [1.54, 1.807) is 0 Å². The topological polar surface area (TPSA) is 93.6 Å². The molecule has 7 nitrogen and oxygen atoms in total. The summed E-state index contributed by atoms with van der Waals surface area (Å²) in [7, 11) is 0. The first-order valence-electron chi connectivity index (χ1n) is 5.84. The summed E-state index contributed by atoms with van der Waals surface area (Å²) in [5.74, 6) is 0. The lowest BCUT2D eigenvalue weighted by Crippen LogP contribution is -2.41. The van der Waals surface area contributed by atoms with E-state index >= 15 is 0 Å².